The van der Waals surface area contributed by atoms with E-state index in [-0.39, 0.29) is 18.3 Å². The van der Waals surface area contributed by atoms with Gasteiger partial charge in [0, 0.05) is 30.4 Å². The van der Waals surface area contributed by atoms with Crippen LogP contribution in [0.2, 0.25) is 0 Å². The molecule has 0 atom stereocenters. The Morgan fingerprint density at radius 2 is 2.06 bits per heavy atom. The number of amides is 1. The SMILES string of the molecule is CC(C)(NCC(=O)N1CCc2c(n(Cc3cccc(F)c3)c3ncccc23)C1)C(=O)O. The number of carboxylic acid groups (broad SMARTS) is 1. The Morgan fingerprint density at radius 1 is 1.26 bits per heavy atom. The van der Waals surface area contributed by atoms with Crippen LogP contribution in [0, 0.1) is 5.82 Å². The van der Waals surface area contributed by atoms with Crippen LogP contribution in [-0.2, 0) is 29.1 Å². The standard InChI is InChI=1S/C23H25FN4O3/c1-23(2,22(30)31)26-12-20(29)27-10-8-17-18-7-4-9-25-21(18)28(19(17)14-27)13-15-5-3-6-16(24)11-15/h3-7,9,11,26H,8,10,12-14H2,1-2H3,(H,30,31). The quantitative estimate of drug-likeness (QED) is 0.635. The maximum absolute atomic E-state index is 13.7. The molecule has 1 aromatic carbocycles. The summed E-state index contributed by atoms with van der Waals surface area (Å²) in [5.41, 5.74) is 2.58. The van der Waals surface area contributed by atoms with Crippen LogP contribution < -0.4 is 5.32 Å². The summed E-state index contributed by atoms with van der Waals surface area (Å²) in [6, 6.07) is 10.4. The molecule has 0 saturated heterocycles. The fourth-order valence-corrected chi connectivity index (χ4v) is 3.95. The maximum atomic E-state index is 13.7. The van der Waals surface area contributed by atoms with Crippen LogP contribution in [0.1, 0.15) is 30.7 Å². The summed E-state index contributed by atoms with van der Waals surface area (Å²) >= 11 is 0. The van der Waals surface area contributed by atoms with E-state index in [1.54, 1.807) is 17.2 Å². The van der Waals surface area contributed by atoms with E-state index in [9.17, 15) is 19.1 Å². The normalized spacial score (nSPS) is 14.0. The number of rotatable bonds is 6. The van der Waals surface area contributed by atoms with Crippen LogP contribution in [-0.4, -0.2) is 50.1 Å². The predicted molar refractivity (Wildman–Crippen MR) is 114 cm³/mol. The van der Waals surface area contributed by atoms with Crippen LogP contribution >= 0.6 is 0 Å². The summed E-state index contributed by atoms with van der Waals surface area (Å²) in [6.07, 6.45) is 2.42. The lowest BCUT2D eigenvalue weighted by atomic mass is 10.0. The van der Waals surface area contributed by atoms with Gasteiger partial charge in [-0.15, -0.1) is 0 Å². The van der Waals surface area contributed by atoms with Gasteiger partial charge in [-0.05, 0) is 55.7 Å². The molecule has 3 aromatic rings. The van der Waals surface area contributed by atoms with Crippen LogP contribution in [0.4, 0.5) is 4.39 Å². The Morgan fingerprint density at radius 3 is 2.81 bits per heavy atom. The molecule has 4 rings (SSSR count). The zero-order valence-corrected chi connectivity index (χ0v) is 17.6. The van der Waals surface area contributed by atoms with Gasteiger partial charge in [0.15, 0.2) is 0 Å². The second kappa shape index (κ2) is 8.11. The second-order valence-electron chi connectivity index (χ2n) is 8.36. The van der Waals surface area contributed by atoms with E-state index in [1.165, 1.54) is 26.0 Å². The summed E-state index contributed by atoms with van der Waals surface area (Å²) in [6.45, 7) is 4.40. The molecule has 2 aromatic heterocycles. The smallest absolute Gasteiger partial charge is 0.323 e. The fourth-order valence-electron chi connectivity index (χ4n) is 3.95. The van der Waals surface area contributed by atoms with Gasteiger partial charge in [-0.1, -0.05) is 12.1 Å². The number of carbonyl (C=O) groups excluding carboxylic acids is 1. The number of pyridine rings is 1. The van der Waals surface area contributed by atoms with Crippen molar-refractivity contribution in [3.63, 3.8) is 0 Å². The lowest BCUT2D eigenvalue weighted by molar-refractivity contribution is -0.143. The number of benzene rings is 1. The maximum Gasteiger partial charge on any atom is 0.323 e. The number of nitrogens with zero attached hydrogens (tertiary/aromatic N) is 3. The summed E-state index contributed by atoms with van der Waals surface area (Å²) in [5.74, 6) is -1.46. The summed E-state index contributed by atoms with van der Waals surface area (Å²) < 4.78 is 15.8. The van der Waals surface area contributed by atoms with E-state index >= 15 is 0 Å². The zero-order valence-electron chi connectivity index (χ0n) is 17.6. The molecule has 3 heterocycles. The van der Waals surface area contributed by atoms with Gasteiger partial charge in [-0.2, -0.15) is 0 Å². The molecule has 1 aliphatic rings. The van der Waals surface area contributed by atoms with Crippen molar-refractivity contribution in [3.05, 3.63) is 65.2 Å². The average Bonchev–Trinajstić information content (AvgIpc) is 3.05. The minimum Gasteiger partial charge on any atom is -0.480 e. The average molecular weight is 424 g/mol. The van der Waals surface area contributed by atoms with Gasteiger partial charge < -0.3 is 14.6 Å². The van der Waals surface area contributed by atoms with E-state index < -0.39 is 11.5 Å². The highest BCUT2D eigenvalue weighted by molar-refractivity contribution is 5.85. The third-order valence-corrected chi connectivity index (χ3v) is 5.81. The minimum atomic E-state index is -1.19. The highest BCUT2D eigenvalue weighted by atomic mass is 19.1. The number of fused-ring (bicyclic) bond motifs is 3. The molecule has 0 spiro atoms. The number of carboxylic acids is 1. The molecule has 0 bridgehead atoms. The zero-order chi connectivity index (χ0) is 22.2. The van der Waals surface area contributed by atoms with Crippen LogP contribution in [0.5, 0.6) is 0 Å². The molecule has 1 aliphatic heterocycles. The molecule has 0 aliphatic carbocycles. The van der Waals surface area contributed by atoms with E-state index in [0.29, 0.717) is 26.1 Å². The Bertz CT molecular complexity index is 1150. The van der Waals surface area contributed by atoms with E-state index in [0.717, 1.165) is 27.9 Å². The van der Waals surface area contributed by atoms with E-state index in [2.05, 4.69) is 10.3 Å². The first kappa shape index (κ1) is 21.0. The number of hydrogen-bond donors (Lipinski definition) is 2. The second-order valence-corrected chi connectivity index (χ2v) is 8.36. The molecule has 162 valence electrons. The molecule has 31 heavy (non-hydrogen) atoms. The topological polar surface area (TPSA) is 87.5 Å². The monoisotopic (exact) mass is 424 g/mol. The number of hydrogen-bond acceptors (Lipinski definition) is 4. The molecule has 2 N–H and O–H groups in total. The van der Waals surface area contributed by atoms with Gasteiger partial charge in [0.2, 0.25) is 5.91 Å². The molecule has 1 amide bonds. The van der Waals surface area contributed by atoms with Crippen LogP contribution in [0.25, 0.3) is 11.0 Å². The van der Waals surface area contributed by atoms with E-state index in [4.69, 9.17) is 0 Å². The highest BCUT2D eigenvalue weighted by Crippen LogP contribution is 2.30. The van der Waals surface area contributed by atoms with Crippen molar-refractivity contribution in [1.82, 2.24) is 19.8 Å². The Kier molecular flexibility index (Phi) is 5.49. The van der Waals surface area contributed by atoms with Crippen molar-refractivity contribution in [1.29, 1.82) is 0 Å². The van der Waals surface area contributed by atoms with Crippen molar-refractivity contribution in [3.8, 4) is 0 Å². The summed E-state index contributed by atoms with van der Waals surface area (Å²) in [5, 5.41) is 13.1. The predicted octanol–water partition coefficient (Wildman–Crippen LogP) is 2.56. The van der Waals surface area contributed by atoms with Gasteiger partial charge in [0.05, 0.1) is 13.1 Å². The van der Waals surface area contributed by atoms with Crippen LogP contribution in [0.15, 0.2) is 42.6 Å². The third kappa shape index (κ3) is 4.16. The van der Waals surface area contributed by atoms with Crippen molar-refractivity contribution >= 4 is 22.9 Å². The largest absolute Gasteiger partial charge is 0.480 e. The summed E-state index contributed by atoms with van der Waals surface area (Å²) in [7, 11) is 0. The molecule has 0 radical (unpaired) electrons. The van der Waals surface area contributed by atoms with Crippen molar-refractivity contribution in [2.75, 3.05) is 13.1 Å². The fraction of sp³-hybridized carbons (Fsp3) is 0.348. The molecule has 7 nitrogen and oxygen atoms in total. The molecular formula is C23H25FN4O3. The molecule has 0 fully saturated rings. The van der Waals surface area contributed by atoms with Crippen molar-refractivity contribution in [2.24, 2.45) is 0 Å². The lowest BCUT2D eigenvalue weighted by Crippen LogP contribution is -2.51. The van der Waals surface area contributed by atoms with Gasteiger partial charge in [0.1, 0.15) is 17.0 Å². The van der Waals surface area contributed by atoms with Crippen molar-refractivity contribution < 1.29 is 19.1 Å². The van der Waals surface area contributed by atoms with Gasteiger partial charge in [-0.25, -0.2) is 9.37 Å². The number of nitrogens with one attached hydrogen (secondary N) is 1. The number of aliphatic carboxylic acids is 1. The first-order valence-electron chi connectivity index (χ1n) is 10.2. The number of carbonyl (C=O) groups is 2. The van der Waals surface area contributed by atoms with Crippen molar-refractivity contribution in [2.45, 2.75) is 38.9 Å². The molecule has 0 saturated carbocycles. The van der Waals surface area contributed by atoms with Gasteiger partial charge in [0.25, 0.3) is 0 Å². The Balaban J connectivity index is 1.62. The molecule has 8 heteroatoms. The Labute approximate surface area is 179 Å². The van der Waals surface area contributed by atoms with Crippen LogP contribution in [0.3, 0.4) is 0 Å². The van der Waals surface area contributed by atoms with Gasteiger partial charge in [-0.3, -0.25) is 14.9 Å². The first-order valence-corrected chi connectivity index (χ1v) is 10.2. The van der Waals surface area contributed by atoms with Gasteiger partial charge >= 0.3 is 5.97 Å². The lowest BCUT2D eigenvalue weighted by Gasteiger charge is -2.30. The first-order chi connectivity index (χ1) is 14.8. The number of aromatic nitrogens is 2. The number of halogens is 1. The molecule has 0 unspecified atom stereocenters. The summed E-state index contributed by atoms with van der Waals surface area (Å²) in [4.78, 5) is 30.4. The Hall–Kier alpha value is -3.26. The van der Waals surface area contributed by atoms with E-state index in [1.807, 2.05) is 22.8 Å². The minimum absolute atomic E-state index is 0.0585. The highest BCUT2D eigenvalue weighted by Gasteiger charge is 2.30. The third-order valence-electron chi connectivity index (χ3n) is 5.81. The molecular weight excluding hydrogens is 399 g/mol.